The molecule has 1 rings (SSSR count). The Kier molecular flexibility index (Phi) is 7.29. The third-order valence-electron chi connectivity index (χ3n) is 3.17. The van der Waals surface area contributed by atoms with Crippen LogP contribution in [0, 0.1) is 0 Å². The van der Waals surface area contributed by atoms with Gasteiger partial charge in [0.2, 0.25) is 0 Å². The van der Waals surface area contributed by atoms with Crippen LogP contribution >= 0.6 is 23.2 Å². The molecule has 118 valence electrons. The van der Waals surface area contributed by atoms with Crippen molar-refractivity contribution in [3.63, 3.8) is 0 Å². The molecule has 0 aliphatic rings. The van der Waals surface area contributed by atoms with E-state index >= 15 is 0 Å². The van der Waals surface area contributed by atoms with Crippen molar-refractivity contribution in [3.8, 4) is 5.75 Å². The normalized spacial score (nSPS) is 12.1. The minimum atomic E-state index is -0.598. The van der Waals surface area contributed by atoms with E-state index in [1.165, 1.54) is 0 Å². The van der Waals surface area contributed by atoms with Gasteiger partial charge in [0.05, 0.1) is 5.02 Å². The number of hydrogen-bond donors (Lipinski definition) is 1. The van der Waals surface area contributed by atoms with Gasteiger partial charge in [-0.1, -0.05) is 23.2 Å². The highest BCUT2D eigenvalue weighted by Gasteiger charge is 2.22. The lowest BCUT2D eigenvalue weighted by Crippen LogP contribution is -2.40. The molecule has 0 heterocycles. The number of carbonyl (C=O) groups is 1. The van der Waals surface area contributed by atoms with Crippen molar-refractivity contribution >= 4 is 29.1 Å². The molecule has 0 aliphatic heterocycles. The number of nitrogens with one attached hydrogen (secondary N) is 1. The van der Waals surface area contributed by atoms with Crippen molar-refractivity contribution in [2.45, 2.75) is 33.4 Å². The van der Waals surface area contributed by atoms with Crippen LogP contribution in [-0.4, -0.2) is 37.0 Å². The van der Waals surface area contributed by atoms with Crippen molar-refractivity contribution < 1.29 is 9.53 Å². The Labute approximate surface area is 136 Å². The van der Waals surface area contributed by atoms with E-state index in [9.17, 15) is 4.79 Å². The summed E-state index contributed by atoms with van der Waals surface area (Å²) in [4.78, 5) is 14.0. The van der Waals surface area contributed by atoms with E-state index in [4.69, 9.17) is 27.9 Å². The van der Waals surface area contributed by atoms with Gasteiger partial charge in [0.1, 0.15) is 5.75 Å². The molecule has 21 heavy (non-hydrogen) atoms. The van der Waals surface area contributed by atoms with Gasteiger partial charge in [-0.05, 0) is 40.0 Å². The van der Waals surface area contributed by atoms with Gasteiger partial charge in [-0.2, -0.15) is 0 Å². The Balaban J connectivity index is 2.98. The van der Waals surface area contributed by atoms with Crippen LogP contribution in [0.15, 0.2) is 12.1 Å². The summed E-state index contributed by atoms with van der Waals surface area (Å²) in [5.74, 6) is 0.449. The number of carbonyl (C=O) groups excluding carboxylic acids is 1. The Hall–Kier alpha value is -0.970. The fourth-order valence-corrected chi connectivity index (χ4v) is 2.67. The second-order valence-corrected chi connectivity index (χ2v) is 5.52. The summed E-state index contributed by atoms with van der Waals surface area (Å²) in [5.41, 5.74) is 0.828. The van der Waals surface area contributed by atoms with Gasteiger partial charge < -0.3 is 15.0 Å². The Morgan fingerprint density at radius 3 is 2.48 bits per heavy atom. The fourth-order valence-electron chi connectivity index (χ4n) is 2.09. The van der Waals surface area contributed by atoms with Crippen LogP contribution in [0.5, 0.6) is 5.75 Å². The zero-order valence-corrected chi connectivity index (χ0v) is 14.4. The van der Waals surface area contributed by atoms with Crippen LogP contribution in [0.25, 0.3) is 0 Å². The topological polar surface area (TPSA) is 41.6 Å². The molecule has 1 aromatic rings. The van der Waals surface area contributed by atoms with E-state index in [0.29, 0.717) is 35.4 Å². The molecule has 6 heteroatoms. The third kappa shape index (κ3) is 4.77. The van der Waals surface area contributed by atoms with E-state index < -0.39 is 6.10 Å². The number of benzene rings is 1. The molecule has 1 unspecified atom stereocenters. The summed E-state index contributed by atoms with van der Waals surface area (Å²) in [5, 5.41) is 3.98. The van der Waals surface area contributed by atoms with E-state index in [-0.39, 0.29) is 5.91 Å². The Bertz CT molecular complexity index is 491. The molecule has 0 saturated carbocycles. The maximum atomic E-state index is 12.3. The van der Waals surface area contributed by atoms with Gasteiger partial charge >= 0.3 is 0 Å². The second-order valence-electron chi connectivity index (χ2n) is 4.68. The minimum Gasteiger partial charge on any atom is -0.479 e. The van der Waals surface area contributed by atoms with E-state index in [0.717, 1.165) is 5.56 Å². The van der Waals surface area contributed by atoms with Crippen LogP contribution < -0.4 is 10.1 Å². The smallest absolute Gasteiger partial charge is 0.263 e. The summed E-state index contributed by atoms with van der Waals surface area (Å²) in [6.45, 7) is 7.48. The quantitative estimate of drug-likeness (QED) is 0.832. The highest BCUT2D eigenvalue weighted by atomic mass is 35.5. The van der Waals surface area contributed by atoms with E-state index in [1.807, 2.05) is 20.9 Å². The Morgan fingerprint density at radius 1 is 1.33 bits per heavy atom. The lowest BCUT2D eigenvalue weighted by molar-refractivity contribution is -0.137. The maximum absolute atomic E-state index is 12.3. The molecule has 0 spiro atoms. The van der Waals surface area contributed by atoms with Gasteiger partial charge in [0.15, 0.2) is 6.10 Å². The molecule has 0 bridgehead atoms. The molecule has 4 nitrogen and oxygen atoms in total. The SMILES string of the molecule is CCN(CC)C(=O)C(C)Oc1c(Cl)cc(Cl)cc1CNC. The molecule has 0 fully saturated rings. The second kappa shape index (κ2) is 8.47. The first-order valence-corrected chi connectivity index (χ1v) is 7.78. The molecule has 0 aromatic heterocycles. The molecule has 1 atom stereocenters. The van der Waals surface area contributed by atoms with Gasteiger partial charge in [-0.3, -0.25) is 4.79 Å². The van der Waals surface area contributed by atoms with Crippen LogP contribution in [0.1, 0.15) is 26.3 Å². The van der Waals surface area contributed by atoms with Gasteiger partial charge in [0, 0.05) is 30.2 Å². The van der Waals surface area contributed by atoms with Crippen LogP contribution in [0.4, 0.5) is 0 Å². The minimum absolute atomic E-state index is 0.0542. The number of likely N-dealkylation sites (N-methyl/N-ethyl adjacent to an activating group) is 1. The molecule has 1 amide bonds. The summed E-state index contributed by atoms with van der Waals surface area (Å²) < 4.78 is 5.81. The highest BCUT2D eigenvalue weighted by molar-refractivity contribution is 6.35. The monoisotopic (exact) mass is 332 g/mol. The molecule has 0 saturated heterocycles. The van der Waals surface area contributed by atoms with Gasteiger partial charge in [0.25, 0.3) is 5.91 Å². The first kappa shape index (κ1) is 18.1. The average molecular weight is 333 g/mol. The third-order valence-corrected chi connectivity index (χ3v) is 3.67. The van der Waals surface area contributed by atoms with Crippen LogP contribution in [0.3, 0.4) is 0 Å². The van der Waals surface area contributed by atoms with Crippen molar-refractivity contribution in [1.82, 2.24) is 10.2 Å². The molecular weight excluding hydrogens is 311 g/mol. The molecule has 0 radical (unpaired) electrons. The van der Waals surface area contributed by atoms with Crippen LogP contribution in [-0.2, 0) is 11.3 Å². The lowest BCUT2D eigenvalue weighted by Gasteiger charge is -2.24. The number of nitrogens with zero attached hydrogens (tertiary/aromatic N) is 1. The van der Waals surface area contributed by atoms with E-state index in [1.54, 1.807) is 24.0 Å². The lowest BCUT2D eigenvalue weighted by atomic mass is 10.2. The highest BCUT2D eigenvalue weighted by Crippen LogP contribution is 2.33. The zero-order valence-electron chi connectivity index (χ0n) is 12.9. The Morgan fingerprint density at radius 2 is 1.95 bits per heavy atom. The molecular formula is C15H22Cl2N2O2. The molecule has 1 N–H and O–H groups in total. The van der Waals surface area contributed by atoms with E-state index in [2.05, 4.69) is 5.32 Å². The van der Waals surface area contributed by atoms with Gasteiger partial charge in [-0.25, -0.2) is 0 Å². The zero-order chi connectivity index (χ0) is 16.0. The number of halogens is 2. The van der Waals surface area contributed by atoms with Gasteiger partial charge in [-0.15, -0.1) is 0 Å². The predicted molar refractivity (Wildman–Crippen MR) is 87.2 cm³/mol. The van der Waals surface area contributed by atoms with Crippen molar-refractivity contribution in [3.05, 3.63) is 27.7 Å². The summed E-state index contributed by atoms with van der Waals surface area (Å²) >= 11 is 12.2. The van der Waals surface area contributed by atoms with Crippen molar-refractivity contribution in [2.75, 3.05) is 20.1 Å². The number of ether oxygens (including phenoxy) is 1. The number of hydrogen-bond acceptors (Lipinski definition) is 3. The standard InChI is InChI=1S/C15H22Cl2N2O2/c1-5-19(6-2)15(20)10(3)21-14-11(9-18-4)7-12(16)8-13(14)17/h7-8,10,18H,5-6,9H2,1-4H3. The average Bonchev–Trinajstić information content (AvgIpc) is 2.43. The van der Waals surface area contributed by atoms with Crippen molar-refractivity contribution in [2.24, 2.45) is 0 Å². The first-order valence-electron chi connectivity index (χ1n) is 7.02. The fraction of sp³-hybridized carbons (Fsp3) is 0.533. The molecule has 1 aromatic carbocycles. The van der Waals surface area contributed by atoms with Crippen molar-refractivity contribution in [1.29, 1.82) is 0 Å². The largest absolute Gasteiger partial charge is 0.479 e. The maximum Gasteiger partial charge on any atom is 0.263 e. The summed E-state index contributed by atoms with van der Waals surface area (Å²) in [6.07, 6.45) is -0.598. The summed E-state index contributed by atoms with van der Waals surface area (Å²) in [7, 11) is 1.82. The summed E-state index contributed by atoms with van der Waals surface area (Å²) in [6, 6.07) is 3.40. The number of rotatable bonds is 7. The van der Waals surface area contributed by atoms with Crippen LogP contribution in [0.2, 0.25) is 10.0 Å². The molecule has 0 aliphatic carbocycles. The first-order chi connectivity index (χ1) is 9.94. The number of amides is 1. The predicted octanol–water partition coefficient (Wildman–Crippen LogP) is 3.35.